The van der Waals surface area contributed by atoms with E-state index in [4.69, 9.17) is 17.3 Å². The maximum Gasteiger partial charge on any atom is 0.0426 e. The van der Waals surface area contributed by atoms with E-state index in [-0.39, 0.29) is 0 Å². The molecule has 0 aliphatic carbocycles. The summed E-state index contributed by atoms with van der Waals surface area (Å²) in [6.45, 7) is 1.31. The van der Waals surface area contributed by atoms with Crippen LogP contribution in [0.2, 0.25) is 5.02 Å². The summed E-state index contributed by atoms with van der Waals surface area (Å²) in [5.74, 6) is 0. The van der Waals surface area contributed by atoms with E-state index in [0.29, 0.717) is 6.54 Å². The summed E-state index contributed by atoms with van der Waals surface area (Å²) < 4.78 is 1.09. The van der Waals surface area contributed by atoms with Crippen LogP contribution in [-0.4, -0.2) is 7.05 Å². The SMILES string of the molecule is CN(Cc1cccc(Br)c1)c1ccc(Cl)cc1CN. The molecule has 0 saturated carbocycles. The van der Waals surface area contributed by atoms with Crippen LogP contribution in [-0.2, 0) is 13.1 Å². The number of nitrogens with two attached hydrogens (primary N) is 1. The summed E-state index contributed by atoms with van der Waals surface area (Å²) in [6.07, 6.45) is 0. The van der Waals surface area contributed by atoms with Crippen LogP contribution >= 0.6 is 27.5 Å². The molecule has 2 N–H and O–H groups in total. The van der Waals surface area contributed by atoms with Crippen molar-refractivity contribution in [2.45, 2.75) is 13.1 Å². The molecule has 0 radical (unpaired) electrons. The number of halogens is 2. The van der Waals surface area contributed by atoms with Crippen LogP contribution < -0.4 is 10.6 Å². The molecule has 4 heteroatoms. The zero-order chi connectivity index (χ0) is 13.8. The predicted molar refractivity (Wildman–Crippen MR) is 85.6 cm³/mol. The maximum absolute atomic E-state index is 6.00. The lowest BCUT2D eigenvalue weighted by Gasteiger charge is -2.22. The summed E-state index contributed by atoms with van der Waals surface area (Å²) in [5.41, 5.74) is 9.20. The monoisotopic (exact) mass is 338 g/mol. The summed E-state index contributed by atoms with van der Waals surface area (Å²) >= 11 is 9.49. The van der Waals surface area contributed by atoms with Gasteiger partial charge in [0.2, 0.25) is 0 Å². The van der Waals surface area contributed by atoms with Crippen molar-refractivity contribution in [3.63, 3.8) is 0 Å². The number of anilines is 1. The van der Waals surface area contributed by atoms with Crippen LogP contribution in [0.1, 0.15) is 11.1 Å². The second kappa shape index (κ2) is 6.42. The molecule has 0 unspecified atom stereocenters. The van der Waals surface area contributed by atoms with E-state index in [1.165, 1.54) is 5.56 Å². The molecule has 2 nitrogen and oxygen atoms in total. The fraction of sp³-hybridized carbons (Fsp3) is 0.200. The summed E-state index contributed by atoms with van der Waals surface area (Å²) in [5, 5.41) is 0.722. The van der Waals surface area contributed by atoms with Gasteiger partial charge in [-0.05, 0) is 41.5 Å². The average Bonchev–Trinajstić information content (AvgIpc) is 2.38. The third-order valence-corrected chi connectivity index (χ3v) is 3.71. The minimum absolute atomic E-state index is 0.485. The Kier molecular flexibility index (Phi) is 4.86. The van der Waals surface area contributed by atoms with Gasteiger partial charge in [-0.25, -0.2) is 0 Å². The van der Waals surface area contributed by atoms with Gasteiger partial charge in [0.05, 0.1) is 0 Å². The molecule has 0 bridgehead atoms. The summed E-state index contributed by atoms with van der Waals surface area (Å²) in [6, 6.07) is 14.1. The van der Waals surface area contributed by atoms with Crippen LogP contribution in [0.4, 0.5) is 5.69 Å². The molecule has 0 saturated heterocycles. The minimum atomic E-state index is 0.485. The van der Waals surface area contributed by atoms with Crippen molar-refractivity contribution < 1.29 is 0 Å². The Hall–Kier alpha value is -1.03. The Morgan fingerprint density at radius 1 is 1.21 bits per heavy atom. The molecule has 0 spiro atoms. The zero-order valence-electron chi connectivity index (χ0n) is 10.7. The highest BCUT2D eigenvalue weighted by Gasteiger charge is 2.08. The molecule has 0 aliphatic rings. The Labute approximate surface area is 127 Å². The molecule has 0 fully saturated rings. The van der Waals surface area contributed by atoms with Crippen molar-refractivity contribution in [3.05, 3.63) is 63.1 Å². The van der Waals surface area contributed by atoms with Crippen LogP contribution in [0.25, 0.3) is 0 Å². The molecular weight excluding hydrogens is 324 g/mol. The maximum atomic E-state index is 6.00. The number of rotatable bonds is 4. The number of hydrogen-bond acceptors (Lipinski definition) is 2. The second-order valence-electron chi connectivity index (χ2n) is 4.46. The highest BCUT2D eigenvalue weighted by molar-refractivity contribution is 9.10. The normalized spacial score (nSPS) is 10.5. The molecule has 0 heterocycles. The molecule has 2 aromatic rings. The molecular formula is C15H16BrClN2. The fourth-order valence-electron chi connectivity index (χ4n) is 2.08. The number of nitrogens with zero attached hydrogens (tertiary/aromatic N) is 1. The van der Waals surface area contributed by atoms with Gasteiger partial charge in [0.15, 0.2) is 0 Å². The van der Waals surface area contributed by atoms with Crippen LogP contribution in [0.3, 0.4) is 0 Å². The van der Waals surface area contributed by atoms with Gasteiger partial charge in [0.25, 0.3) is 0 Å². The molecule has 2 aromatic carbocycles. The third kappa shape index (κ3) is 3.72. The van der Waals surface area contributed by atoms with Gasteiger partial charge >= 0.3 is 0 Å². The van der Waals surface area contributed by atoms with Gasteiger partial charge in [-0.2, -0.15) is 0 Å². The minimum Gasteiger partial charge on any atom is -0.370 e. The van der Waals surface area contributed by atoms with Crippen molar-refractivity contribution >= 4 is 33.2 Å². The molecule has 100 valence electrons. The lowest BCUT2D eigenvalue weighted by Crippen LogP contribution is -2.18. The average molecular weight is 340 g/mol. The number of hydrogen-bond donors (Lipinski definition) is 1. The van der Waals surface area contributed by atoms with Crippen LogP contribution in [0.5, 0.6) is 0 Å². The Bertz CT molecular complexity index is 572. The molecule has 0 aromatic heterocycles. The Balaban J connectivity index is 2.22. The zero-order valence-corrected chi connectivity index (χ0v) is 13.1. The molecule has 2 rings (SSSR count). The van der Waals surface area contributed by atoms with E-state index in [2.05, 4.69) is 40.0 Å². The standard InChI is InChI=1S/C15H16BrClN2/c1-19(10-11-3-2-4-13(16)7-11)15-6-5-14(17)8-12(15)9-18/h2-8H,9-10,18H2,1H3. The largest absolute Gasteiger partial charge is 0.370 e. The van der Waals surface area contributed by atoms with E-state index >= 15 is 0 Å². The van der Waals surface area contributed by atoms with Gasteiger partial charge in [-0.1, -0.05) is 39.7 Å². The lowest BCUT2D eigenvalue weighted by atomic mass is 10.1. The smallest absolute Gasteiger partial charge is 0.0426 e. The summed E-state index contributed by atoms with van der Waals surface area (Å²) in [4.78, 5) is 2.18. The highest BCUT2D eigenvalue weighted by Crippen LogP contribution is 2.25. The quantitative estimate of drug-likeness (QED) is 0.904. The van der Waals surface area contributed by atoms with Gasteiger partial charge in [0, 0.05) is 35.3 Å². The number of benzene rings is 2. The topological polar surface area (TPSA) is 29.3 Å². The van der Waals surface area contributed by atoms with Gasteiger partial charge in [-0.3, -0.25) is 0 Å². The van der Waals surface area contributed by atoms with Crippen molar-refractivity contribution in [2.24, 2.45) is 5.73 Å². The van der Waals surface area contributed by atoms with Gasteiger partial charge in [0.1, 0.15) is 0 Å². The van der Waals surface area contributed by atoms with E-state index in [1.54, 1.807) is 0 Å². The van der Waals surface area contributed by atoms with E-state index in [0.717, 1.165) is 27.3 Å². The van der Waals surface area contributed by atoms with E-state index in [9.17, 15) is 0 Å². The molecule has 0 aliphatic heterocycles. The highest BCUT2D eigenvalue weighted by atomic mass is 79.9. The van der Waals surface area contributed by atoms with E-state index < -0.39 is 0 Å². The van der Waals surface area contributed by atoms with Crippen molar-refractivity contribution in [1.29, 1.82) is 0 Å². The van der Waals surface area contributed by atoms with Crippen molar-refractivity contribution in [2.75, 3.05) is 11.9 Å². The molecule has 0 atom stereocenters. The third-order valence-electron chi connectivity index (χ3n) is 2.98. The first-order valence-corrected chi connectivity index (χ1v) is 7.21. The summed E-state index contributed by atoms with van der Waals surface area (Å²) in [7, 11) is 2.06. The van der Waals surface area contributed by atoms with Crippen LogP contribution in [0.15, 0.2) is 46.9 Å². The first-order valence-electron chi connectivity index (χ1n) is 6.04. The van der Waals surface area contributed by atoms with E-state index in [1.807, 2.05) is 30.3 Å². The predicted octanol–water partition coefficient (Wildman–Crippen LogP) is 4.20. The van der Waals surface area contributed by atoms with Crippen molar-refractivity contribution in [3.8, 4) is 0 Å². The molecule has 19 heavy (non-hydrogen) atoms. The Morgan fingerprint density at radius 2 is 2.00 bits per heavy atom. The van der Waals surface area contributed by atoms with Crippen molar-refractivity contribution in [1.82, 2.24) is 0 Å². The second-order valence-corrected chi connectivity index (χ2v) is 5.82. The van der Waals surface area contributed by atoms with Gasteiger partial charge < -0.3 is 10.6 Å². The lowest BCUT2D eigenvalue weighted by molar-refractivity contribution is 0.903. The van der Waals surface area contributed by atoms with Crippen LogP contribution in [0, 0.1) is 0 Å². The fourth-order valence-corrected chi connectivity index (χ4v) is 2.73. The first kappa shape index (κ1) is 14.4. The molecule has 0 amide bonds. The Morgan fingerprint density at radius 3 is 2.68 bits per heavy atom. The van der Waals surface area contributed by atoms with Gasteiger partial charge in [-0.15, -0.1) is 0 Å². The first-order chi connectivity index (χ1) is 9.10.